The van der Waals surface area contributed by atoms with Crippen molar-refractivity contribution in [2.75, 3.05) is 0 Å². The number of hydrogen-bond acceptors (Lipinski definition) is 1. The summed E-state index contributed by atoms with van der Waals surface area (Å²) in [5, 5.41) is 9.00. The van der Waals surface area contributed by atoms with Gasteiger partial charge in [0, 0.05) is 0 Å². The fourth-order valence-electron chi connectivity index (χ4n) is 0.144. The van der Waals surface area contributed by atoms with E-state index in [2.05, 4.69) is 11.7 Å². The van der Waals surface area contributed by atoms with E-state index in [4.69, 9.17) is 5.41 Å². The molecule has 0 fully saturated rings. The summed E-state index contributed by atoms with van der Waals surface area (Å²) in [5.74, 6) is 0. The molecular weight excluding hydrogens is 99.0 g/mol. The molecule has 0 heterocycles. The maximum atomic E-state index is 6.37. The van der Waals surface area contributed by atoms with E-state index in [9.17, 15) is 0 Å². The Hall–Kier alpha value is 0.470. The van der Waals surface area contributed by atoms with E-state index in [1.165, 1.54) is 0 Å². The fourth-order valence-corrected chi connectivity index (χ4v) is 0.144. The van der Waals surface area contributed by atoms with E-state index in [0.717, 1.165) is 0 Å². The second kappa shape index (κ2) is 6.47. The average Bonchev–Trinajstić information content (AvgIpc) is 1.35. The van der Waals surface area contributed by atoms with E-state index in [0.29, 0.717) is 6.04 Å². The van der Waals surface area contributed by atoms with Gasteiger partial charge in [-0.1, -0.05) is 0 Å². The van der Waals surface area contributed by atoms with E-state index in [1.54, 1.807) is 0 Å². The first-order valence-electron chi connectivity index (χ1n) is 1.94. The maximum absolute atomic E-state index is 6.37. The van der Waals surface area contributed by atoms with Crippen LogP contribution in [0, 0.1) is 5.41 Å². The first-order valence-corrected chi connectivity index (χ1v) is 1.94. The summed E-state index contributed by atoms with van der Waals surface area (Å²) in [6.07, 6.45) is 2.07. The molecule has 0 rings (SSSR count). The molecule has 0 aromatic heterocycles. The first-order chi connectivity index (χ1) is 2.77. The average molecular weight is 108 g/mol. The molecule has 0 bridgehead atoms. The van der Waals surface area contributed by atoms with E-state index in [-0.39, 0.29) is 29.6 Å². The molecule has 2 N–H and O–H groups in total. The number of rotatable bonds is 2. The van der Waals surface area contributed by atoms with Crippen molar-refractivity contribution in [1.82, 2.24) is 5.32 Å². The molecule has 36 valence electrons. The van der Waals surface area contributed by atoms with Gasteiger partial charge in [-0.25, -0.2) is 0 Å². The van der Waals surface area contributed by atoms with Crippen LogP contribution in [0.25, 0.3) is 0 Å². The fraction of sp³-hybridized carbons (Fsp3) is 0.750. The van der Waals surface area contributed by atoms with Gasteiger partial charge in [-0.05, 0) is 19.9 Å². The van der Waals surface area contributed by atoms with Crippen molar-refractivity contribution >= 4 is 6.34 Å². The van der Waals surface area contributed by atoms with Gasteiger partial charge >= 0.3 is 29.6 Å². The summed E-state index contributed by atoms with van der Waals surface area (Å²) in [6.45, 7) is 3.92. The van der Waals surface area contributed by atoms with Gasteiger partial charge in [0.1, 0.15) is 0 Å². The molecule has 0 spiro atoms. The zero-order chi connectivity index (χ0) is 4.99. The second-order valence-corrected chi connectivity index (χ2v) is 1.42. The second-order valence-electron chi connectivity index (χ2n) is 1.42. The largest absolute Gasteiger partial charge is 1.00 e. The first kappa shape index (κ1) is 10.5. The Labute approximate surface area is 66.5 Å². The third-order valence-corrected chi connectivity index (χ3v) is 0.361. The molecule has 7 heavy (non-hydrogen) atoms. The monoisotopic (exact) mass is 108 g/mol. The Bertz CT molecular complexity index is 45.0. The number of hydrogen-bond donors (Lipinski definition) is 2. The standard InChI is InChI=1S/C4H9N2.Na/c1-4(2)6-3-5;/h4H,1-2H3,(H2,5,6);/q-1;+1. The molecule has 0 radical (unpaired) electrons. The van der Waals surface area contributed by atoms with Crippen LogP contribution in [0.15, 0.2) is 0 Å². The molecule has 0 aliphatic rings. The molecule has 0 aromatic carbocycles. The summed E-state index contributed by atoms with van der Waals surface area (Å²) in [6, 6.07) is 0.350. The zero-order valence-electron chi connectivity index (χ0n) is 5.08. The Balaban J connectivity index is 0. The van der Waals surface area contributed by atoms with Gasteiger partial charge < -0.3 is 17.1 Å². The normalized spacial score (nSPS) is 7.29. The zero-order valence-corrected chi connectivity index (χ0v) is 7.08. The van der Waals surface area contributed by atoms with Crippen LogP contribution in [0.1, 0.15) is 13.8 Å². The van der Waals surface area contributed by atoms with Crippen LogP contribution >= 0.6 is 0 Å². The van der Waals surface area contributed by atoms with Crippen molar-refractivity contribution in [2.45, 2.75) is 19.9 Å². The van der Waals surface area contributed by atoms with Crippen molar-refractivity contribution in [3.05, 3.63) is 0 Å². The van der Waals surface area contributed by atoms with Crippen molar-refractivity contribution in [2.24, 2.45) is 0 Å². The van der Waals surface area contributed by atoms with Crippen LogP contribution in [0.3, 0.4) is 0 Å². The molecule has 0 atom stereocenters. The molecule has 0 aliphatic carbocycles. The van der Waals surface area contributed by atoms with Crippen LogP contribution in [-0.2, 0) is 0 Å². The number of nitrogens with one attached hydrogen (secondary N) is 2. The smallest absolute Gasteiger partial charge is 0.549 e. The molecule has 0 aliphatic heterocycles. The molecule has 3 heteroatoms. The molecule has 0 unspecified atom stereocenters. The van der Waals surface area contributed by atoms with E-state index in [1.807, 2.05) is 13.8 Å². The van der Waals surface area contributed by atoms with Crippen molar-refractivity contribution in [1.29, 1.82) is 5.41 Å². The minimum absolute atomic E-state index is 0. The third kappa shape index (κ3) is 10.7. The summed E-state index contributed by atoms with van der Waals surface area (Å²) in [5.41, 5.74) is 0. The van der Waals surface area contributed by atoms with Crippen molar-refractivity contribution < 1.29 is 29.6 Å². The van der Waals surface area contributed by atoms with Crippen LogP contribution in [0.2, 0.25) is 0 Å². The minimum atomic E-state index is 0. The van der Waals surface area contributed by atoms with Gasteiger partial charge in [0.25, 0.3) is 0 Å². The van der Waals surface area contributed by atoms with Crippen LogP contribution < -0.4 is 34.9 Å². The maximum Gasteiger partial charge on any atom is 1.00 e. The molecule has 0 saturated carbocycles. The summed E-state index contributed by atoms with van der Waals surface area (Å²) in [7, 11) is 0. The van der Waals surface area contributed by atoms with Crippen molar-refractivity contribution in [3.63, 3.8) is 0 Å². The van der Waals surface area contributed by atoms with Crippen LogP contribution in [0.4, 0.5) is 0 Å². The minimum Gasteiger partial charge on any atom is -0.549 e. The van der Waals surface area contributed by atoms with Gasteiger partial charge in [0.05, 0.1) is 0 Å². The predicted molar refractivity (Wildman–Crippen MR) is 26.0 cm³/mol. The Morgan fingerprint density at radius 3 is 2.00 bits per heavy atom. The van der Waals surface area contributed by atoms with Crippen LogP contribution in [0.5, 0.6) is 0 Å². The Morgan fingerprint density at radius 1 is 1.57 bits per heavy atom. The van der Waals surface area contributed by atoms with Gasteiger partial charge in [-0.15, -0.1) is 0 Å². The molecule has 0 saturated heterocycles. The summed E-state index contributed by atoms with van der Waals surface area (Å²) in [4.78, 5) is 0. The van der Waals surface area contributed by atoms with Gasteiger partial charge in [-0.3, -0.25) is 0 Å². The predicted octanol–water partition coefficient (Wildman–Crippen LogP) is -2.53. The molecule has 0 amide bonds. The van der Waals surface area contributed by atoms with Crippen molar-refractivity contribution in [3.8, 4) is 0 Å². The third-order valence-electron chi connectivity index (χ3n) is 0.361. The summed E-state index contributed by atoms with van der Waals surface area (Å²) < 4.78 is 0. The molecule has 2 nitrogen and oxygen atoms in total. The molecular formula is C4H9N2Na. The van der Waals surface area contributed by atoms with E-state index >= 15 is 0 Å². The quantitative estimate of drug-likeness (QED) is 0.132. The summed E-state index contributed by atoms with van der Waals surface area (Å²) >= 11 is 0. The Morgan fingerprint density at radius 2 is 2.00 bits per heavy atom. The molecule has 0 aromatic rings. The topological polar surface area (TPSA) is 35.9 Å². The van der Waals surface area contributed by atoms with Gasteiger partial charge in [0.15, 0.2) is 0 Å². The van der Waals surface area contributed by atoms with E-state index < -0.39 is 0 Å². The SMILES string of the molecule is CC(C)N[C-]=N.[Na+]. The van der Waals surface area contributed by atoms with Gasteiger partial charge in [0.2, 0.25) is 0 Å². The van der Waals surface area contributed by atoms with Gasteiger partial charge in [-0.2, -0.15) is 0 Å². The van der Waals surface area contributed by atoms with Crippen LogP contribution in [-0.4, -0.2) is 12.4 Å². The Kier molecular flexibility index (Phi) is 9.66.